The molecule has 9 atom stereocenters. The molecule has 4 N–H and O–H groups in total. The second kappa shape index (κ2) is 4.71. The lowest BCUT2D eigenvalue weighted by Gasteiger charge is -2.72. The van der Waals surface area contributed by atoms with Crippen molar-refractivity contribution in [1.82, 2.24) is 0 Å². The van der Waals surface area contributed by atoms with Crippen molar-refractivity contribution in [2.24, 2.45) is 34.0 Å². The van der Waals surface area contributed by atoms with Gasteiger partial charge in [-0.1, -0.05) is 26.8 Å². The molecule has 7 nitrogen and oxygen atoms in total. The first-order chi connectivity index (χ1) is 12.5. The summed E-state index contributed by atoms with van der Waals surface area (Å²) in [4.78, 5) is 26.9. The summed E-state index contributed by atoms with van der Waals surface area (Å²) in [6.07, 6.45) is -2.04. The highest BCUT2D eigenvalue weighted by Crippen LogP contribution is 2.76. The van der Waals surface area contributed by atoms with Crippen LogP contribution in [0.4, 0.5) is 0 Å². The molecule has 0 aromatic heterocycles. The Morgan fingerprint density at radius 2 is 1.81 bits per heavy atom. The summed E-state index contributed by atoms with van der Waals surface area (Å²) >= 11 is 0. The molecule has 7 heteroatoms. The second-order valence-electron chi connectivity index (χ2n) is 9.92. The molecule has 2 saturated heterocycles. The third-order valence-electron chi connectivity index (χ3n) is 8.56. The molecule has 2 spiro atoms. The zero-order valence-electron chi connectivity index (χ0n) is 15.5. The molecule has 0 radical (unpaired) electrons. The van der Waals surface area contributed by atoms with E-state index in [4.69, 9.17) is 4.74 Å². The van der Waals surface area contributed by atoms with Crippen molar-refractivity contribution in [3.63, 3.8) is 0 Å². The summed E-state index contributed by atoms with van der Waals surface area (Å²) in [7, 11) is 0. The second-order valence-corrected chi connectivity index (χ2v) is 9.92. The molecule has 0 aromatic carbocycles. The van der Waals surface area contributed by atoms with Crippen LogP contribution < -0.4 is 0 Å². The smallest absolute Gasteiger partial charge is 0.245 e. The van der Waals surface area contributed by atoms with Crippen molar-refractivity contribution in [3.8, 4) is 0 Å². The number of Topliss-reactive ketones (excluding diaryl/α,β-unsaturated/α-hetero) is 2. The topological polar surface area (TPSA) is 124 Å². The number of aliphatic hydroxyl groups excluding tert-OH is 3. The summed E-state index contributed by atoms with van der Waals surface area (Å²) in [5.41, 5.74) is -3.67. The van der Waals surface area contributed by atoms with Crippen molar-refractivity contribution in [2.75, 3.05) is 0 Å². The molecule has 2 aliphatic heterocycles. The Hall–Kier alpha value is -1.12. The summed E-state index contributed by atoms with van der Waals surface area (Å²) < 4.78 is 5.49. The van der Waals surface area contributed by atoms with Crippen LogP contribution in [-0.4, -0.2) is 56.3 Å². The minimum Gasteiger partial charge on any atom is -0.393 e. The molecule has 4 bridgehead atoms. The van der Waals surface area contributed by atoms with Gasteiger partial charge in [-0.15, -0.1) is 0 Å². The van der Waals surface area contributed by atoms with Crippen molar-refractivity contribution in [3.05, 3.63) is 12.2 Å². The minimum atomic E-state index is -2.67. The fourth-order valence-corrected chi connectivity index (χ4v) is 7.77. The standard InChI is InChI=1S/C20H26O7/c1-8-9-7-10(21)11-18-6-4-5-17(2,3)12(18)15(24)20(26,27-16(18)25)19(11,13(8)22)14(9)23/h9-12,14,16,21,23,25-26H,1,4-7H2,2-3H3. The first kappa shape index (κ1) is 17.9. The molecule has 4 aliphatic carbocycles. The maximum absolute atomic E-state index is 13.6. The molecular formula is C20H26O7. The Kier molecular flexibility index (Phi) is 3.13. The fourth-order valence-electron chi connectivity index (χ4n) is 7.77. The van der Waals surface area contributed by atoms with Crippen LogP contribution in [0.25, 0.3) is 0 Å². The summed E-state index contributed by atoms with van der Waals surface area (Å²) in [5, 5.41) is 44.6. The van der Waals surface area contributed by atoms with Gasteiger partial charge in [0.2, 0.25) is 5.79 Å². The van der Waals surface area contributed by atoms with Crippen molar-refractivity contribution < 1.29 is 34.8 Å². The Bertz CT molecular complexity index is 789. The van der Waals surface area contributed by atoms with Crippen LogP contribution >= 0.6 is 0 Å². The van der Waals surface area contributed by atoms with Crippen LogP contribution in [0.15, 0.2) is 12.2 Å². The Morgan fingerprint density at radius 1 is 1.15 bits per heavy atom. The predicted octanol–water partition coefficient (Wildman–Crippen LogP) is -0.0978. The molecule has 27 heavy (non-hydrogen) atoms. The summed E-state index contributed by atoms with van der Waals surface area (Å²) in [5.74, 6) is -6.43. The highest BCUT2D eigenvalue weighted by molar-refractivity contribution is 6.10. The molecule has 6 rings (SSSR count). The van der Waals surface area contributed by atoms with Gasteiger partial charge in [-0.2, -0.15) is 0 Å². The first-order valence-electron chi connectivity index (χ1n) is 9.70. The van der Waals surface area contributed by atoms with Crippen LogP contribution in [0.1, 0.15) is 39.5 Å². The van der Waals surface area contributed by atoms with Gasteiger partial charge < -0.3 is 25.2 Å². The number of ether oxygens (including phenoxy) is 1. The van der Waals surface area contributed by atoms with E-state index in [9.17, 15) is 30.0 Å². The lowest BCUT2D eigenvalue weighted by atomic mass is 9.35. The van der Waals surface area contributed by atoms with E-state index in [-0.39, 0.29) is 12.0 Å². The minimum absolute atomic E-state index is 0.110. The largest absolute Gasteiger partial charge is 0.393 e. The predicted molar refractivity (Wildman–Crippen MR) is 90.8 cm³/mol. The average molecular weight is 378 g/mol. The number of fused-ring (bicyclic) bond motifs is 2. The van der Waals surface area contributed by atoms with Gasteiger partial charge >= 0.3 is 0 Å². The van der Waals surface area contributed by atoms with E-state index >= 15 is 0 Å². The van der Waals surface area contributed by atoms with Gasteiger partial charge in [0.15, 0.2) is 17.9 Å². The normalized spacial score (nSPS) is 58.2. The van der Waals surface area contributed by atoms with Gasteiger partial charge in [0.25, 0.3) is 0 Å². The lowest BCUT2D eigenvalue weighted by Crippen LogP contribution is -2.86. The van der Waals surface area contributed by atoms with Gasteiger partial charge in [0.05, 0.1) is 12.2 Å². The van der Waals surface area contributed by atoms with Crippen LogP contribution in [-0.2, 0) is 14.3 Å². The molecule has 9 unspecified atom stereocenters. The number of ketones is 2. The molecule has 2 heterocycles. The quantitative estimate of drug-likeness (QED) is 0.434. The number of carbonyl (C=O) groups excluding carboxylic acids is 2. The van der Waals surface area contributed by atoms with Gasteiger partial charge in [0, 0.05) is 23.2 Å². The molecular weight excluding hydrogens is 352 g/mol. The zero-order valence-corrected chi connectivity index (χ0v) is 15.5. The van der Waals surface area contributed by atoms with E-state index in [0.717, 1.165) is 6.42 Å². The van der Waals surface area contributed by atoms with Crippen LogP contribution in [0, 0.1) is 34.0 Å². The highest BCUT2D eigenvalue weighted by atomic mass is 16.7. The number of carbonyl (C=O) groups is 2. The van der Waals surface area contributed by atoms with E-state index in [0.29, 0.717) is 12.8 Å². The van der Waals surface area contributed by atoms with E-state index in [1.807, 2.05) is 13.8 Å². The van der Waals surface area contributed by atoms with Gasteiger partial charge in [-0.3, -0.25) is 9.59 Å². The molecule has 6 fully saturated rings. The Balaban J connectivity index is 1.86. The number of rotatable bonds is 0. The maximum Gasteiger partial charge on any atom is 0.245 e. The van der Waals surface area contributed by atoms with Crippen LogP contribution in [0.3, 0.4) is 0 Å². The summed E-state index contributed by atoms with van der Waals surface area (Å²) in [6, 6.07) is 0. The molecule has 148 valence electrons. The van der Waals surface area contributed by atoms with Gasteiger partial charge in [0.1, 0.15) is 5.41 Å². The molecule has 0 amide bonds. The third kappa shape index (κ3) is 1.51. The van der Waals surface area contributed by atoms with Crippen molar-refractivity contribution >= 4 is 11.6 Å². The van der Waals surface area contributed by atoms with Crippen molar-refractivity contribution in [1.29, 1.82) is 0 Å². The molecule has 6 aliphatic rings. The summed E-state index contributed by atoms with van der Waals surface area (Å²) in [6.45, 7) is 7.59. The Labute approximate surface area is 157 Å². The molecule has 0 aromatic rings. The Morgan fingerprint density at radius 3 is 2.48 bits per heavy atom. The fraction of sp³-hybridized carbons (Fsp3) is 0.800. The third-order valence-corrected chi connectivity index (χ3v) is 8.56. The number of hydrogen-bond acceptors (Lipinski definition) is 7. The van der Waals surface area contributed by atoms with Gasteiger partial charge in [-0.25, -0.2) is 0 Å². The van der Waals surface area contributed by atoms with E-state index in [1.54, 1.807) is 0 Å². The number of aliphatic hydroxyl groups is 4. The van der Waals surface area contributed by atoms with E-state index in [2.05, 4.69) is 6.58 Å². The zero-order chi connectivity index (χ0) is 19.7. The van der Waals surface area contributed by atoms with Crippen LogP contribution in [0.2, 0.25) is 0 Å². The number of hydrogen-bond donors (Lipinski definition) is 4. The van der Waals surface area contributed by atoms with Gasteiger partial charge in [-0.05, 0) is 30.3 Å². The SMILES string of the molecule is C=C1C(=O)C23C(O)C1CC(O)C2C12CCCC(C)(C)C1C(=O)C3(O)OC2O. The lowest BCUT2D eigenvalue weighted by molar-refractivity contribution is -0.443. The molecule has 4 saturated carbocycles. The first-order valence-corrected chi connectivity index (χ1v) is 9.70. The van der Waals surface area contributed by atoms with Crippen molar-refractivity contribution in [2.45, 2.75) is 63.8 Å². The van der Waals surface area contributed by atoms with Crippen LogP contribution in [0.5, 0.6) is 0 Å². The van der Waals surface area contributed by atoms with E-state index < -0.39 is 69.9 Å². The average Bonchev–Trinajstić information content (AvgIpc) is 2.69. The monoisotopic (exact) mass is 378 g/mol. The van der Waals surface area contributed by atoms with E-state index in [1.165, 1.54) is 0 Å². The maximum atomic E-state index is 13.6. The highest BCUT2D eigenvalue weighted by Gasteiger charge is 2.89.